The molecule has 3 rings (SSSR count). The lowest BCUT2D eigenvalue weighted by atomic mass is 9.97. The van der Waals surface area contributed by atoms with Crippen LogP contribution in [0.15, 0.2) is 41.3 Å². The van der Waals surface area contributed by atoms with Crippen molar-refractivity contribution in [3.05, 3.63) is 57.6 Å². The van der Waals surface area contributed by atoms with Crippen LogP contribution in [0, 0.1) is 29.9 Å². The van der Waals surface area contributed by atoms with Crippen LogP contribution < -0.4 is 10.2 Å². The van der Waals surface area contributed by atoms with Crippen molar-refractivity contribution in [3.63, 3.8) is 0 Å². The van der Waals surface area contributed by atoms with E-state index in [1.54, 1.807) is 6.92 Å². The number of non-ortho nitro benzene ring substituents is 1. The van der Waals surface area contributed by atoms with Crippen LogP contribution in [-0.4, -0.2) is 50.7 Å². The number of nitro benzene ring substituents is 1. The largest absolute Gasteiger partial charge is 0.378 e. The summed E-state index contributed by atoms with van der Waals surface area (Å²) in [7, 11) is 0.0130. The third kappa shape index (κ3) is 4.91. The second-order valence-corrected chi connectivity index (χ2v) is 10.2. The highest BCUT2D eigenvalue weighted by Crippen LogP contribution is 2.29. The summed E-state index contributed by atoms with van der Waals surface area (Å²) in [5, 5.41) is 14.0. The van der Waals surface area contributed by atoms with Crippen LogP contribution in [0.1, 0.15) is 24.0 Å². The summed E-state index contributed by atoms with van der Waals surface area (Å²) in [5.41, 5.74) is 2.91. The molecule has 32 heavy (non-hydrogen) atoms. The highest BCUT2D eigenvalue weighted by Gasteiger charge is 2.33. The normalized spacial score (nSPS) is 15.4. The molecule has 1 N–H and O–H groups in total. The number of aryl methyl sites for hydroxylation is 2. The molecule has 1 saturated heterocycles. The molecule has 0 radical (unpaired) electrons. The van der Waals surface area contributed by atoms with Crippen molar-refractivity contribution < 1.29 is 18.1 Å². The van der Waals surface area contributed by atoms with Crippen molar-refractivity contribution in [2.75, 3.05) is 37.4 Å². The van der Waals surface area contributed by atoms with Gasteiger partial charge in [0.2, 0.25) is 15.9 Å². The molecule has 1 amide bonds. The molecule has 0 aliphatic carbocycles. The Morgan fingerprint density at radius 1 is 1.09 bits per heavy atom. The first-order valence-corrected chi connectivity index (χ1v) is 11.8. The number of nitro groups is 1. The molecular formula is C22H28N4O5S. The molecule has 0 atom stereocenters. The van der Waals surface area contributed by atoms with E-state index in [9.17, 15) is 23.3 Å². The number of piperidine rings is 1. The van der Waals surface area contributed by atoms with Gasteiger partial charge in [0.1, 0.15) is 0 Å². The van der Waals surface area contributed by atoms with E-state index in [0.29, 0.717) is 18.4 Å². The third-order valence-corrected chi connectivity index (χ3v) is 7.85. The Kier molecular flexibility index (Phi) is 6.85. The first kappa shape index (κ1) is 23.7. The van der Waals surface area contributed by atoms with Gasteiger partial charge in [0.25, 0.3) is 5.69 Å². The van der Waals surface area contributed by atoms with E-state index in [4.69, 9.17) is 0 Å². The fourth-order valence-electron chi connectivity index (χ4n) is 3.78. The van der Waals surface area contributed by atoms with E-state index >= 15 is 0 Å². The first-order valence-electron chi connectivity index (χ1n) is 10.3. The van der Waals surface area contributed by atoms with Crippen molar-refractivity contribution in [2.45, 2.75) is 31.6 Å². The van der Waals surface area contributed by atoms with Gasteiger partial charge in [-0.3, -0.25) is 14.9 Å². The minimum absolute atomic E-state index is 0.0637. The maximum atomic E-state index is 13.1. The van der Waals surface area contributed by atoms with E-state index < -0.39 is 14.9 Å². The number of anilines is 2. The molecule has 0 spiro atoms. The lowest BCUT2D eigenvalue weighted by Gasteiger charge is -2.31. The number of carbonyl (C=O) groups is 1. The van der Waals surface area contributed by atoms with Gasteiger partial charge in [0.15, 0.2) is 0 Å². The Balaban J connectivity index is 1.68. The summed E-state index contributed by atoms with van der Waals surface area (Å²) in [6, 6.07) is 9.62. The number of hydrogen-bond donors (Lipinski definition) is 1. The van der Waals surface area contributed by atoms with Gasteiger partial charge in [-0.25, -0.2) is 8.42 Å². The standard InChI is InChI=1S/C22H28N4O5S/c1-15-5-6-19(26(28)29)14-21(15)32(30,31)25-11-9-17(10-12-25)22(27)23-20-8-7-18(24(3)4)13-16(20)2/h5-8,13-14,17H,9-12H2,1-4H3,(H,23,27). The van der Waals surface area contributed by atoms with Crippen molar-refractivity contribution in [1.82, 2.24) is 4.31 Å². The fourth-order valence-corrected chi connectivity index (χ4v) is 5.49. The van der Waals surface area contributed by atoms with E-state index in [1.807, 2.05) is 44.1 Å². The number of amides is 1. The summed E-state index contributed by atoms with van der Waals surface area (Å²) in [6.45, 7) is 3.90. The Labute approximate surface area is 188 Å². The number of hydrogen-bond acceptors (Lipinski definition) is 6. The highest BCUT2D eigenvalue weighted by molar-refractivity contribution is 7.89. The van der Waals surface area contributed by atoms with Crippen LogP contribution in [0.5, 0.6) is 0 Å². The van der Waals surface area contributed by atoms with Gasteiger partial charge in [-0.05, 0) is 56.0 Å². The molecule has 10 heteroatoms. The lowest BCUT2D eigenvalue weighted by Crippen LogP contribution is -2.41. The van der Waals surface area contributed by atoms with Gasteiger partial charge in [-0.2, -0.15) is 4.31 Å². The van der Waals surface area contributed by atoms with Gasteiger partial charge >= 0.3 is 0 Å². The summed E-state index contributed by atoms with van der Waals surface area (Å²) >= 11 is 0. The average molecular weight is 461 g/mol. The predicted octanol–water partition coefficient (Wildman–Crippen LogP) is 3.32. The van der Waals surface area contributed by atoms with Crippen LogP contribution >= 0.6 is 0 Å². The summed E-state index contributed by atoms with van der Waals surface area (Å²) in [5.74, 6) is -0.435. The Bertz CT molecular complexity index is 1140. The number of rotatable bonds is 6. The number of nitrogens with one attached hydrogen (secondary N) is 1. The van der Waals surface area contributed by atoms with Gasteiger partial charge < -0.3 is 10.2 Å². The molecule has 0 aromatic heterocycles. The third-order valence-electron chi connectivity index (χ3n) is 5.81. The summed E-state index contributed by atoms with van der Waals surface area (Å²) in [6.07, 6.45) is 0.766. The molecule has 172 valence electrons. The SMILES string of the molecule is Cc1cc(N(C)C)ccc1NC(=O)C1CCN(S(=O)(=O)c2cc([N+](=O)[O-])ccc2C)CC1. The Hall–Kier alpha value is -2.98. The van der Waals surface area contributed by atoms with Crippen LogP contribution in [0.25, 0.3) is 0 Å². The van der Waals surface area contributed by atoms with Crippen molar-refractivity contribution in [3.8, 4) is 0 Å². The first-order chi connectivity index (χ1) is 15.0. The zero-order valence-corrected chi connectivity index (χ0v) is 19.5. The zero-order valence-electron chi connectivity index (χ0n) is 18.7. The summed E-state index contributed by atoms with van der Waals surface area (Å²) < 4.78 is 27.5. The Morgan fingerprint density at radius 2 is 1.75 bits per heavy atom. The second-order valence-electron chi connectivity index (χ2n) is 8.27. The molecule has 2 aromatic carbocycles. The maximum absolute atomic E-state index is 13.1. The van der Waals surface area contributed by atoms with Crippen LogP contribution in [0.4, 0.5) is 17.1 Å². The number of carbonyl (C=O) groups excluding carboxylic acids is 1. The average Bonchev–Trinajstić information content (AvgIpc) is 2.75. The maximum Gasteiger partial charge on any atom is 0.270 e. The molecule has 1 fully saturated rings. The number of sulfonamides is 1. The number of nitrogens with zero attached hydrogens (tertiary/aromatic N) is 3. The minimum Gasteiger partial charge on any atom is -0.378 e. The zero-order chi connectivity index (χ0) is 23.6. The predicted molar refractivity (Wildman–Crippen MR) is 123 cm³/mol. The van der Waals surface area contributed by atoms with Gasteiger partial charge in [-0.15, -0.1) is 0 Å². The molecule has 1 aliphatic rings. The fraction of sp³-hybridized carbons (Fsp3) is 0.409. The van der Waals surface area contributed by atoms with Gasteiger partial charge in [0.05, 0.1) is 9.82 Å². The second kappa shape index (κ2) is 9.25. The van der Waals surface area contributed by atoms with Crippen molar-refractivity contribution in [2.24, 2.45) is 5.92 Å². The molecule has 9 nitrogen and oxygen atoms in total. The molecule has 2 aromatic rings. The molecule has 0 bridgehead atoms. The van der Waals surface area contributed by atoms with E-state index in [-0.39, 0.29) is 35.5 Å². The lowest BCUT2D eigenvalue weighted by molar-refractivity contribution is -0.385. The Morgan fingerprint density at radius 3 is 2.31 bits per heavy atom. The molecule has 0 unspecified atom stereocenters. The van der Waals surface area contributed by atoms with Crippen molar-refractivity contribution in [1.29, 1.82) is 0 Å². The highest BCUT2D eigenvalue weighted by atomic mass is 32.2. The van der Waals surface area contributed by atoms with E-state index in [1.165, 1.54) is 16.4 Å². The van der Waals surface area contributed by atoms with Crippen LogP contribution in [0.3, 0.4) is 0 Å². The van der Waals surface area contributed by atoms with Crippen molar-refractivity contribution >= 4 is 33.0 Å². The quantitative estimate of drug-likeness (QED) is 0.523. The monoisotopic (exact) mass is 460 g/mol. The van der Waals surface area contributed by atoms with E-state index in [0.717, 1.165) is 23.0 Å². The van der Waals surface area contributed by atoms with Crippen LogP contribution in [0.2, 0.25) is 0 Å². The van der Waals surface area contributed by atoms with Gasteiger partial charge in [-0.1, -0.05) is 6.07 Å². The number of benzene rings is 2. The molecular weight excluding hydrogens is 432 g/mol. The van der Waals surface area contributed by atoms with Crippen LogP contribution in [-0.2, 0) is 14.8 Å². The van der Waals surface area contributed by atoms with Gasteiger partial charge in [0, 0.05) is 56.6 Å². The minimum atomic E-state index is -3.88. The molecule has 0 saturated carbocycles. The molecule has 1 heterocycles. The van der Waals surface area contributed by atoms with E-state index in [2.05, 4.69) is 5.32 Å². The summed E-state index contributed by atoms with van der Waals surface area (Å²) in [4.78, 5) is 25.1. The topological polar surface area (TPSA) is 113 Å². The smallest absolute Gasteiger partial charge is 0.270 e. The molecule has 1 aliphatic heterocycles.